The Hall–Kier alpha value is -3.96. The molecule has 2 unspecified atom stereocenters. The fourth-order valence-corrected chi connectivity index (χ4v) is 5.77. The highest BCUT2D eigenvalue weighted by molar-refractivity contribution is 5.65. The number of aromatic hydroxyl groups is 3. The fraction of sp³-hybridized carbons (Fsp3) is 0.273. The smallest absolute Gasteiger partial charge is 0.126 e. The Morgan fingerprint density at radius 2 is 1.11 bits per heavy atom. The third-order valence-electron chi connectivity index (χ3n) is 8.36. The molecule has 196 valence electrons. The van der Waals surface area contributed by atoms with E-state index in [0.29, 0.717) is 35.7 Å². The van der Waals surface area contributed by atoms with Crippen molar-refractivity contribution < 1.29 is 24.8 Å². The number of hydrogen-bond acceptors (Lipinski definition) is 5. The summed E-state index contributed by atoms with van der Waals surface area (Å²) in [6.45, 7) is 9.22. The second-order valence-electron chi connectivity index (χ2n) is 10.5. The molecule has 1 aliphatic rings. The van der Waals surface area contributed by atoms with Gasteiger partial charge in [0.15, 0.2) is 0 Å². The predicted molar refractivity (Wildman–Crippen MR) is 148 cm³/mol. The molecule has 1 fully saturated rings. The summed E-state index contributed by atoms with van der Waals surface area (Å²) in [5, 5.41) is 33.9. The number of phenolic OH excluding ortho intramolecular Hbond substituents is 3. The van der Waals surface area contributed by atoms with Crippen LogP contribution in [0, 0.1) is 13.8 Å². The van der Waals surface area contributed by atoms with Crippen LogP contribution in [0.2, 0.25) is 0 Å². The van der Waals surface area contributed by atoms with Crippen molar-refractivity contribution in [3.8, 4) is 23.0 Å². The quantitative estimate of drug-likeness (QED) is 0.235. The van der Waals surface area contributed by atoms with Crippen LogP contribution in [-0.2, 0) is 15.6 Å². The Bertz CT molecular complexity index is 1430. The normalized spacial score (nSPS) is 16.6. The molecule has 1 saturated heterocycles. The summed E-state index contributed by atoms with van der Waals surface area (Å²) >= 11 is 0. The summed E-state index contributed by atoms with van der Waals surface area (Å²) < 4.78 is 11.9. The predicted octanol–water partition coefficient (Wildman–Crippen LogP) is 6.51. The lowest BCUT2D eigenvalue weighted by Crippen LogP contribution is -2.47. The molecule has 4 aromatic carbocycles. The Balaban J connectivity index is 1.92. The first-order valence-electron chi connectivity index (χ1n) is 12.9. The van der Waals surface area contributed by atoms with Gasteiger partial charge in [0, 0.05) is 33.1 Å². The van der Waals surface area contributed by atoms with E-state index in [0.717, 1.165) is 16.7 Å². The van der Waals surface area contributed by atoms with E-state index >= 15 is 0 Å². The molecule has 5 heteroatoms. The Morgan fingerprint density at radius 3 is 1.53 bits per heavy atom. The maximum Gasteiger partial charge on any atom is 0.126 e. The summed E-state index contributed by atoms with van der Waals surface area (Å²) in [6.07, 6.45) is 0.0573. The fourth-order valence-electron chi connectivity index (χ4n) is 5.77. The highest BCUT2D eigenvalue weighted by Gasteiger charge is 2.54. The average Bonchev–Trinajstić information content (AvgIpc) is 3.74. The molecule has 0 radical (unpaired) electrons. The van der Waals surface area contributed by atoms with Crippen molar-refractivity contribution in [3.05, 3.63) is 118 Å². The maximum absolute atomic E-state index is 11.4. The molecule has 0 bridgehead atoms. The van der Waals surface area contributed by atoms with Gasteiger partial charge in [-0.3, -0.25) is 0 Å². The highest BCUT2D eigenvalue weighted by Crippen LogP contribution is 2.59. The Kier molecular flexibility index (Phi) is 6.58. The molecule has 0 amide bonds. The standard InChI is InChI=1S/C33H34O5/c1-21-17-18-27(31(22(21)2)38-20-23-19-37-23)33(4,26-13-7-10-16-30(26)36)32(3,24-11-5-8-14-28(24)34)25-12-6-9-15-29(25)35/h5-18,23,34-36H,19-20H2,1-4H3. The van der Waals surface area contributed by atoms with Gasteiger partial charge in [-0.15, -0.1) is 0 Å². The van der Waals surface area contributed by atoms with Crippen molar-refractivity contribution in [2.75, 3.05) is 13.2 Å². The monoisotopic (exact) mass is 510 g/mol. The highest BCUT2D eigenvalue weighted by atomic mass is 16.6. The number of ether oxygens (including phenoxy) is 2. The second kappa shape index (κ2) is 9.73. The van der Waals surface area contributed by atoms with Gasteiger partial charge in [0.1, 0.15) is 35.7 Å². The molecule has 5 nitrogen and oxygen atoms in total. The van der Waals surface area contributed by atoms with Crippen molar-refractivity contribution in [1.29, 1.82) is 0 Å². The van der Waals surface area contributed by atoms with Gasteiger partial charge in [-0.2, -0.15) is 0 Å². The molecule has 0 spiro atoms. The van der Waals surface area contributed by atoms with E-state index < -0.39 is 10.8 Å². The third kappa shape index (κ3) is 4.07. The molecule has 0 aromatic heterocycles. The summed E-state index contributed by atoms with van der Waals surface area (Å²) in [7, 11) is 0. The van der Waals surface area contributed by atoms with Crippen molar-refractivity contribution in [2.24, 2.45) is 0 Å². The average molecular weight is 511 g/mol. The van der Waals surface area contributed by atoms with Crippen molar-refractivity contribution >= 4 is 0 Å². The van der Waals surface area contributed by atoms with Crippen LogP contribution in [0.1, 0.15) is 47.2 Å². The van der Waals surface area contributed by atoms with Crippen LogP contribution in [0.5, 0.6) is 23.0 Å². The third-order valence-corrected chi connectivity index (χ3v) is 8.36. The Morgan fingerprint density at radius 1 is 0.684 bits per heavy atom. The van der Waals surface area contributed by atoms with Gasteiger partial charge in [-0.05, 0) is 57.0 Å². The van der Waals surface area contributed by atoms with Crippen molar-refractivity contribution in [1.82, 2.24) is 0 Å². The number of phenols is 3. The zero-order chi connectivity index (χ0) is 27.1. The number of aryl methyl sites for hydroxylation is 1. The number of benzene rings is 4. The lowest BCUT2D eigenvalue weighted by Gasteiger charge is -2.49. The van der Waals surface area contributed by atoms with Crippen LogP contribution in [0.15, 0.2) is 84.9 Å². The van der Waals surface area contributed by atoms with E-state index in [1.807, 2.05) is 70.2 Å². The van der Waals surface area contributed by atoms with Crippen LogP contribution >= 0.6 is 0 Å². The molecular weight excluding hydrogens is 476 g/mol. The molecule has 5 rings (SSSR count). The van der Waals surface area contributed by atoms with E-state index in [4.69, 9.17) is 9.47 Å². The topological polar surface area (TPSA) is 82.5 Å². The first kappa shape index (κ1) is 25.7. The van der Waals surface area contributed by atoms with Crippen LogP contribution in [0.25, 0.3) is 0 Å². The van der Waals surface area contributed by atoms with Gasteiger partial charge in [0.05, 0.1) is 6.61 Å². The first-order chi connectivity index (χ1) is 18.2. The SMILES string of the molecule is Cc1ccc(C(C)(c2ccccc2O)C(C)(c2ccccc2O)c2ccccc2O)c(OCC2CO2)c1C. The molecule has 0 aliphatic carbocycles. The molecule has 3 N–H and O–H groups in total. The second-order valence-corrected chi connectivity index (χ2v) is 10.5. The molecule has 0 saturated carbocycles. The van der Waals surface area contributed by atoms with Crippen LogP contribution in [0.3, 0.4) is 0 Å². The van der Waals surface area contributed by atoms with Gasteiger partial charge < -0.3 is 24.8 Å². The summed E-state index contributed by atoms with van der Waals surface area (Å²) in [5.41, 5.74) is 2.66. The first-order valence-corrected chi connectivity index (χ1v) is 12.9. The van der Waals surface area contributed by atoms with Crippen LogP contribution in [-0.4, -0.2) is 34.6 Å². The number of epoxide rings is 1. The molecule has 1 heterocycles. The minimum absolute atomic E-state index is 0.0573. The number of hydrogen-bond donors (Lipinski definition) is 3. The van der Waals surface area contributed by atoms with E-state index in [-0.39, 0.29) is 23.4 Å². The van der Waals surface area contributed by atoms with Gasteiger partial charge in [-0.1, -0.05) is 66.7 Å². The number of rotatable bonds is 8. The van der Waals surface area contributed by atoms with E-state index in [1.54, 1.807) is 36.4 Å². The summed E-state index contributed by atoms with van der Waals surface area (Å²) in [5.74, 6) is 1.01. The largest absolute Gasteiger partial charge is 0.508 e. The Labute approximate surface area is 223 Å². The van der Waals surface area contributed by atoms with Gasteiger partial charge in [0.2, 0.25) is 0 Å². The van der Waals surface area contributed by atoms with Gasteiger partial charge in [-0.25, -0.2) is 0 Å². The van der Waals surface area contributed by atoms with Crippen molar-refractivity contribution in [3.63, 3.8) is 0 Å². The maximum atomic E-state index is 11.4. The van der Waals surface area contributed by atoms with E-state index in [1.165, 1.54) is 0 Å². The minimum atomic E-state index is -1.07. The van der Waals surface area contributed by atoms with Crippen molar-refractivity contribution in [2.45, 2.75) is 44.6 Å². The van der Waals surface area contributed by atoms with Crippen LogP contribution < -0.4 is 4.74 Å². The zero-order valence-corrected chi connectivity index (χ0v) is 22.2. The molecule has 4 aromatic rings. The molecular formula is C33H34O5. The van der Waals surface area contributed by atoms with Crippen LogP contribution in [0.4, 0.5) is 0 Å². The lowest BCUT2D eigenvalue weighted by atomic mass is 9.52. The number of para-hydroxylation sites is 3. The van der Waals surface area contributed by atoms with E-state index in [2.05, 4.69) is 6.07 Å². The van der Waals surface area contributed by atoms with Gasteiger partial charge >= 0.3 is 0 Å². The molecule has 38 heavy (non-hydrogen) atoms. The zero-order valence-electron chi connectivity index (χ0n) is 22.2. The summed E-state index contributed by atoms with van der Waals surface area (Å²) in [4.78, 5) is 0. The molecule has 2 atom stereocenters. The summed E-state index contributed by atoms with van der Waals surface area (Å²) in [6, 6.07) is 25.7. The van der Waals surface area contributed by atoms with E-state index in [9.17, 15) is 15.3 Å². The molecule has 1 aliphatic heterocycles. The minimum Gasteiger partial charge on any atom is -0.508 e. The van der Waals surface area contributed by atoms with Gasteiger partial charge in [0.25, 0.3) is 0 Å². The lowest BCUT2D eigenvalue weighted by molar-refractivity contribution is 0.248.